The van der Waals surface area contributed by atoms with Crippen molar-refractivity contribution in [2.75, 3.05) is 46.8 Å². The largest absolute Gasteiger partial charge is 0.496 e. The minimum atomic E-state index is -0.112. The van der Waals surface area contributed by atoms with Crippen LogP contribution in [0.15, 0.2) is 36.4 Å². The van der Waals surface area contributed by atoms with Gasteiger partial charge in [-0.15, -0.1) is 0 Å². The first kappa shape index (κ1) is 20.2. The second kappa shape index (κ2) is 10.2. The molecule has 0 spiro atoms. The second-order valence-corrected chi connectivity index (χ2v) is 5.68. The lowest BCUT2D eigenvalue weighted by Gasteiger charge is -2.15. The topological polar surface area (TPSA) is 78.1 Å². The minimum absolute atomic E-state index is 0.112. The van der Waals surface area contributed by atoms with Crippen molar-refractivity contribution in [2.45, 2.75) is 6.42 Å². The van der Waals surface area contributed by atoms with Gasteiger partial charge in [0.05, 0.1) is 35.0 Å². The Morgan fingerprint density at radius 1 is 0.889 bits per heavy atom. The first-order valence-corrected chi connectivity index (χ1v) is 8.55. The average molecular weight is 374 g/mol. The number of para-hydroxylation sites is 1. The van der Waals surface area contributed by atoms with Crippen molar-refractivity contribution in [1.82, 2.24) is 5.32 Å². The third-order valence-electron chi connectivity index (χ3n) is 4.03. The number of benzene rings is 2. The Hall–Kier alpha value is -3.09. The summed E-state index contributed by atoms with van der Waals surface area (Å²) in [6.45, 7) is 0.653. The highest BCUT2D eigenvalue weighted by atomic mass is 16.5. The summed E-state index contributed by atoms with van der Waals surface area (Å²) in [4.78, 5) is 12.1. The molecule has 2 aromatic rings. The van der Waals surface area contributed by atoms with Crippen LogP contribution < -0.4 is 29.6 Å². The molecule has 0 aliphatic carbocycles. The third-order valence-corrected chi connectivity index (χ3v) is 4.03. The van der Waals surface area contributed by atoms with Gasteiger partial charge in [-0.05, 0) is 18.1 Å². The lowest BCUT2D eigenvalue weighted by atomic mass is 10.1. The number of carbonyl (C=O) groups excluding carboxylic acids is 1. The maximum Gasteiger partial charge on any atom is 0.239 e. The summed E-state index contributed by atoms with van der Waals surface area (Å²) in [6.07, 6.45) is 0.694. The van der Waals surface area contributed by atoms with Crippen molar-refractivity contribution in [2.24, 2.45) is 0 Å². The summed E-state index contributed by atoms with van der Waals surface area (Å²) in [5.74, 6) is 2.26. The molecule has 2 rings (SSSR count). The van der Waals surface area contributed by atoms with Crippen LogP contribution in [0.5, 0.6) is 23.0 Å². The molecule has 0 atom stereocenters. The Kier molecular flexibility index (Phi) is 7.61. The van der Waals surface area contributed by atoms with E-state index >= 15 is 0 Å². The van der Waals surface area contributed by atoms with Gasteiger partial charge in [0.15, 0.2) is 11.5 Å². The Labute approximate surface area is 159 Å². The first-order chi connectivity index (χ1) is 13.1. The molecule has 0 unspecified atom stereocenters. The fourth-order valence-electron chi connectivity index (χ4n) is 2.67. The number of nitrogens with one attached hydrogen (secondary N) is 2. The molecule has 0 aliphatic heterocycles. The van der Waals surface area contributed by atoms with E-state index in [2.05, 4.69) is 10.6 Å². The summed E-state index contributed by atoms with van der Waals surface area (Å²) in [5, 5.41) is 5.95. The molecule has 7 nitrogen and oxygen atoms in total. The molecule has 27 heavy (non-hydrogen) atoms. The zero-order valence-electron chi connectivity index (χ0n) is 16.1. The predicted octanol–water partition coefficient (Wildman–Crippen LogP) is 2.49. The quantitative estimate of drug-likeness (QED) is 0.665. The molecule has 2 aromatic carbocycles. The van der Waals surface area contributed by atoms with Crippen molar-refractivity contribution in [3.05, 3.63) is 42.0 Å². The third kappa shape index (κ3) is 5.44. The van der Waals surface area contributed by atoms with E-state index < -0.39 is 0 Å². The lowest BCUT2D eigenvalue weighted by Crippen LogP contribution is -2.31. The fraction of sp³-hybridized carbons (Fsp3) is 0.350. The van der Waals surface area contributed by atoms with E-state index in [-0.39, 0.29) is 12.5 Å². The van der Waals surface area contributed by atoms with Crippen LogP contribution >= 0.6 is 0 Å². The van der Waals surface area contributed by atoms with Crippen molar-refractivity contribution in [1.29, 1.82) is 0 Å². The average Bonchev–Trinajstić information content (AvgIpc) is 2.71. The van der Waals surface area contributed by atoms with Gasteiger partial charge in [0.25, 0.3) is 0 Å². The molecule has 0 saturated carbocycles. The number of methoxy groups -OCH3 is 4. The standard InChI is InChI=1S/C20H26N2O5/c1-24-16-8-6-5-7-14(16)9-10-21-19(23)13-22-15-11-17(25-2)20(27-4)18(12-15)26-3/h5-8,11-12,22H,9-10,13H2,1-4H3,(H,21,23). The zero-order valence-corrected chi connectivity index (χ0v) is 16.1. The SMILES string of the molecule is COc1ccccc1CCNC(=O)CNc1cc(OC)c(OC)c(OC)c1. The fourth-order valence-corrected chi connectivity index (χ4v) is 2.67. The highest BCUT2D eigenvalue weighted by molar-refractivity contribution is 5.81. The number of hydrogen-bond acceptors (Lipinski definition) is 6. The molecular formula is C20H26N2O5. The van der Waals surface area contributed by atoms with E-state index in [1.807, 2.05) is 24.3 Å². The van der Waals surface area contributed by atoms with Crippen LogP contribution in [0, 0.1) is 0 Å². The van der Waals surface area contributed by atoms with Crippen molar-refractivity contribution in [3.63, 3.8) is 0 Å². The maximum atomic E-state index is 12.1. The molecule has 0 bridgehead atoms. The normalized spacial score (nSPS) is 10.1. The summed E-state index contributed by atoms with van der Waals surface area (Å²) >= 11 is 0. The number of anilines is 1. The number of amides is 1. The molecule has 0 heterocycles. The molecular weight excluding hydrogens is 348 g/mol. The molecule has 0 aliphatic rings. The Morgan fingerprint density at radius 3 is 2.11 bits per heavy atom. The van der Waals surface area contributed by atoms with Gasteiger partial charge in [0.2, 0.25) is 11.7 Å². The monoisotopic (exact) mass is 374 g/mol. The minimum Gasteiger partial charge on any atom is -0.496 e. The summed E-state index contributed by atoms with van der Waals surface area (Å²) in [6, 6.07) is 11.3. The summed E-state index contributed by atoms with van der Waals surface area (Å²) in [5.41, 5.74) is 1.75. The molecule has 0 aromatic heterocycles. The van der Waals surface area contributed by atoms with Crippen LogP contribution in [-0.2, 0) is 11.2 Å². The second-order valence-electron chi connectivity index (χ2n) is 5.68. The van der Waals surface area contributed by atoms with Crippen LogP contribution in [0.1, 0.15) is 5.56 Å². The molecule has 7 heteroatoms. The zero-order chi connectivity index (χ0) is 19.6. The van der Waals surface area contributed by atoms with Crippen molar-refractivity contribution >= 4 is 11.6 Å². The van der Waals surface area contributed by atoms with Gasteiger partial charge in [-0.3, -0.25) is 4.79 Å². The Morgan fingerprint density at radius 2 is 1.52 bits per heavy atom. The van der Waals surface area contributed by atoms with Crippen LogP contribution in [0.4, 0.5) is 5.69 Å². The van der Waals surface area contributed by atoms with E-state index in [1.165, 1.54) is 0 Å². The highest BCUT2D eigenvalue weighted by Gasteiger charge is 2.13. The molecule has 0 saturated heterocycles. The van der Waals surface area contributed by atoms with E-state index in [0.29, 0.717) is 35.9 Å². The predicted molar refractivity (Wildman–Crippen MR) is 104 cm³/mol. The first-order valence-electron chi connectivity index (χ1n) is 8.55. The summed E-state index contributed by atoms with van der Waals surface area (Å²) < 4.78 is 21.2. The summed E-state index contributed by atoms with van der Waals surface area (Å²) in [7, 11) is 6.28. The van der Waals surface area contributed by atoms with Crippen LogP contribution in [0.25, 0.3) is 0 Å². The van der Waals surface area contributed by atoms with Gasteiger partial charge in [0.1, 0.15) is 5.75 Å². The molecule has 0 fully saturated rings. The molecule has 0 radical (unpaired) electrons. The van der Waals surface area contributed by atoms with Gasteiger partial charge < -0.3 is 29.6 Å². The van der Waals surface area contributed by atoms with E-state index in [4.69, 9.17) is 18.9 Å². The van der Waals surface area contributed by atoms with Gasteiger partial charge in [-0.1, -0.05) is 18.2 Å². The van der Waals surface area contributed by atoms with Crippen LogP contribution in [0.2, 0.25) is 0 Å². The smallest absolute Gasteiger partial charge is 0.239 e. The van der Waals surface area contributed by atoms with E-state index in [9.17, 15) is 4.79 Å². The Balaban J connectivity index is 1.88. The molecule has 146 valence electrons. The number of ether oxygens (including phenoxy) is 4. The number of rotatable bonds is 10. The van der Waals surface area contributed by atoms with E-state index in [0.717, 1.165) is 11.3 Å². The maximum absolute atomic E-state index is 12.1. The van der Waals surface area contributed by atoms with Crippen LogP contribution in [0.3, 0.4) is 0 Å². The number of hydrogen-bond donors (Lipinski definition) is 2. The van der Waals surface area contributed by atoms with E-state index in [1.54, 1.807) is 40.6 Å². The van der Waals surface area contributed by atoms with Crippen molar-refractivity contribution in [3.8, 4) is 23.0 Å². The van der Waals surface area contributed by atoms with Gasteiger partial charge >= 0.3 is 0 Å². The highest BCUT2D eigenvalue weighted by Crippen LogP contribution is 2.39. The van der Waals surface area contributed by atoms with Gasteiger partial charge in [-0.25, -0.2) is 0 Å². The van der Waals surface area contributed by atoms with Crippen molar-refractivity contribution < 1.29 is 23.7 Å². The Bertz CT molecular complexity index is 739. The van der Waals surface area contributed by atoms with Gasteiger partial charge in [-0.2, -0.15) is 0 Å². The molecule has 2 N–H and O–H groups in total. The molecule has 1 amide bonds. The lowest BCUT2D eigenvalue weighted by molar-refractivity contribution is -0.119. The number of carbonyl (C=O) groups is 1. The van der Waals surface area contributed by atoms with Gasteiger partial charge in [0, 0.05) is 24.4 Å². The van der Waals surface area contributed by atoms with Crippen LogP contribution in [-0.4, -0.2) is 47.4 Å².